The van der Waals surface area contributed by atoms with Crippen molar-refractivity contribution in [2.45, 2.75) is 17.7 Å². The number of carboxylic acids is 1. The lowest BCUT2D eigenvalue weighted by atomic mass is 10.3. The van der Waals surface area contributed by atoms with Gasteiger partial charge in [-0.05, 0) is 55.0 Å². The highest BCUT2D eigenvalue weighted by atomic mass is 32.2. The van der Waals surface area contributed by atoms with Gasteiger partial charge >= 0.3 is 5.97 Å². The number of benzene rings is 2. The van der Waals surface area contributed by atoms with Crippen molar-refractivity contribution in [3.63, 3.8) is 0 Å². The highest BCUT2D eigenvalue weighted by Gasteiger charge is 2.05. The number of nitrogens with one attached hydrogen (secondary N) is 1. The summed E-state index contributed by atoms with van der Waals surface area (Å²) in [5, 5.41) is 11.4. The molecule has 0 aliphatic heterocycles. The van der Waals surface area contributed by atoms with Gasteiger partial charge in [-0.15, -0.1) is 11.8 Å². The third-order valence-electron chi connectivity index (χ3n) is 3.37. The van der Waals surface area contributed by atoms with Crippen LogP contribution >= 0.6 is 11.8 Å². The van der Waals surface area contributed by atoms with Crippen molar-refractivity contribution in [2.75, 3.05) is 24.8 Å². The first-order chi connectivity index (χ1) is 12.6. The molecule has 26 heavy (non-hydrogen) atoms. The summed E-state index contributed by atoms with van der Waals surface area (Å²) in [6.07, 6.45) is 0.538. The first-order valence-electron chi connectivity index (χ1n) is 8.08. The molecule has 7 heteroatoms. The number of carboxylic acid groups (broad SMARTS) is 1. The van der Waals surface area contributed by atoms with Crippen LogP contribution in [0, 0.1) is 0 Å². The number of anilines is 1. The minimum atomic E-state index is -0.834. The van der Waals surface area contributed by atoms with Crippen molar-refractivity contribution in [3.05, 3.63) is 48.5 Å². The number of thioether (sulfide) groups is 1. The van der Waals surface area contributed by atoms with Gasteiger partial charge in [-0.1, -0.05) is 0 Å². The molecule has 0 saturated heterocycles. The Labute approximate surface area is 156 Å². The van der Waals surface area contributed by atoms with Crippen molar-refractivity contribution >= 4 is 29.3 Å². The molecule has 0 saturated carbocycles. The molecule has 0 fully saturated rings. The van der Waals surface area contributed by atoms with E-state index in [-0.39, 0.29) is 12.3 Å². The van der Waals surface area contributed by atoms with E-state index in [1.54, 1.807) is 31.4 Å². The Hall–Kier alpha value is -2.67. The zero-order valence-corrected chi connectivity index (χ0v) is 15.3. The maximum Gasteiger partial charge on any atom is 0.303 e. The molecule has 2 N–H and O–H groups in total. The Bertz CT molecular complexity index is 716. The number of methoxy groups -OCH3 is 1. The van der Waals surface area contributed by atoms with Crippen LogP contribution in [0.3, 0.4) is 0 Å². The van der Waals surface area contributed by atoms with E-state index < -0.39 is 5.97 Å². The van der Waals surface area contributed by atoms with Crippen LogP contribution in [-0.4, -0.2) is 36.5 Å². The van der Waals surface area contributed by atoms with E-state index in [0.29, 0.717) is 30.2 Å². The lowest BCUT2D eigenvalue weighted by molar-refractivity contribution is -0.137. The SMILES string of the molecule is COc1ccc(SCC(=O)Nc2ccc(OCCCC(=O)O)cc2)cc1. The smallest absolute Gasteiger partial charge is 0.303 e. The van der Waals surface area contributed by atoms with Crippen LogP contribution in [0.1, 0.15) is 12.8 Å². The molecular formula is C19H21NO5S. The summed E-state index contributed by atoms with van der Waals surface area (Å²) in [5.74, 6) is 0.796. The highest BCUT2D eigenvalue weighted by Crippen LogP contribution is 2.22. The molecule has 0 aliphatic rings. The predicted molar refractivity (Wildman–Crippen MR) is 101 cm³/mol. The van der Waals surface area contributed by atoms with Gasteiger partial charge in [0.05, 0.1) is 19.5 Å². The van der Waals surface area contributed by atoms with E-state index in [9.17, 15) is 9.59 Å². The molecule has 0 heterocycles. The topological polar surface area (TPSA) is 84.9 Å². The number of rotatable bonds is 10. The van der Waals surface area contributed by atoms with Gasteiger partial charge in [0.15, 0.2) is 0 Å². The van der Waals surface area contributed by atoms with Crippen LogP contribution < -0.4 is 14.8 Å². The zero-order chi connectivity index (χ0) is 18.8. The molecular weight excluding hydrogens is 354 g/mol. The van der Waals surface area contributed by atoms with Crippen LogP contribution in [0.4, 0.5) is 5.69 Å². The first-order valence-corrected chi connectivity index (χ1v) is 9.07. The summed E-state index contributed by atoms with van der Waals surface area (Å²) >= 11 is 1.45. The van der Waals surface area contributed by atoms with Crippen molar-refractivity contribution in [3.8, 4) is 11.5 Å². The molecule has 0 atom stereocenters. The van der Waals surface area contributed by atoms with Gasteiger partial charge in [-0.2, -0.15) is 0 Å². The summed E-state index contributed by atoms with van der Waals surface area (Å²) in [6.45, 7) is 0.344. The molecule has 0 radical (unpaired) electrons. The van der Waals surface area contributed by atoms with Crippen LogP contribution in [0.2, 0.25) is 0 Å². The number of hydrogen-bond donors (Lipinski definition) is 2. The van der Waals surface area contributed by atoms with Crippen molar-refractivity contribution in [2.24, 2.45) is 0 Å². The van der Waals surface area contributed by atoms with Gasteiger partial charge < -0.3 is 19.9 Å². The fourth-order valence-corrected chi connectivity index (χ4v) is 2.76. The average Bonchev–Trinajstić information content (AvgIpc) is 2.65. The second-order valence-electron chi connectivity index (χ2n) is 5.38. The summed E-state index contributed by atoms with van der Waals surface area (Å²) in [7, 11) is 1.61. The summed E-state index contributed by atoms with van der Waals surface area (Å²) in [5.41, 5.74) is 0.684. The minimum absolute atomic E-state index is 0.0833. The molecule has 0 aromatic heterocycles. The van der Waals surface area contributed by atoms with Gasteiger partial charge in [0.25, 0.3) is 0 Å². The van der Waals surface area contributed by atoms with Crippen molar-refractivity contribution < 1.29 is 24.2 Å². The third-order valence-corrected chi connectivity index (χ3v) is 4.38. The molecule has 0 bridgehead atoms. The standard InChI is InChI=1S/C19H21NO5S/c1-24-15-8-10-17(11-9-15)26-13-18(21)20-14-4-6-16(7-5-14)25-12-2-3-19(22)23/h4-11H,2-3,12-13H2,1H3,(H,20,21)(H,22,23). The molecule has 1 amide bonds. The summed E-state index contributed by atoms with van der Waals surface area (Å²) in [6, 6.07) is 14.5. The zero-order valence-electron chi connectivity index (χ0n) is 14.4. The number of aliphatic carboxylic acids is 1. The molecule has 0 unspecified atom stereocenters. The molecule has 2 aromatic carbocycles. The Morgan fingerprint density at radius 3 is 2.31 bits per heavy atom. The minimum Gasteiger partial charge on any atom is -0.497 e. The molecule has 2 rings (SSSR count). The number of hydrogen-bond acceptors (Lipinski definition) is 5. The lowest BCUT2D eigenvalue weighted by Crippen LogP contribution is -2.13. The highest BCUT2D eigenvalue weighted by molar-refractivity contribution is 8.00. The van der Waals surface area contributed by atoms with E-state index in [1.165, 1.54) is 11.8 Å². The van der Waals surface area contributed by atoms with Gasteiger partial charge in [-0.25, -0.2) is 0 Å². The fourth-order valence-electron chi connectivity index (χ4n) is 2.07. The quantitative estimate of drug-likeness (QED) is 0.487. The number of carbonyl (C=O) groups is 2. The predicted octanol–water partition coefficient (Wildman–Crippen LogP) is 3.67. The van der Waals surface area contributed by atoms with Crippen LogP contribution in [0.5, 0.6) is 11.5 Å². The second kappa shape index (κ2) is 10.4. The molecule has 0 aliphatic carbocycles. The number of carbonyl (C=O) groups excluding carboxylic acids is 1. The van der Waals surface area contributed by atoms with Crippen molar-refractivity contribution in [1.29, 1.82) is 0 Å². The van der Waals surface area contributed by atoms with Crippen LogP contribution in [-0.2, 0) is 9.59 Å². The van der Waals surface area contributed by atoms with E-state index in [0.717, 1.165) is 10.6 Å². The van der Waals surface area contributed by atoms with Gasteiger partial charge in [-0.3, -0.25) is 9.59 Å². The van der Waals surface area contributed by atoms with E-state index in [1.807, 2.05) is 24.3 Å². The molecule has 0 spiro atoms. The number of ether oxygens (including phenoxy) is 2. The summed E-state index contributed by atoms with van der Waals surface area (Å²) < 4.78 is 10.6. The largest absolute Gasteiger partial charge is 0.497 e. The maximum atomic E-state index is 12.0. The van der Waals surface area contributed by atoms with Crippen molar-refractivity contribution in [1.82, 2.24) is 0 Å². The first kappa shape index (κ1) is 19.7. The molecule has 2 aromatic rings. The summed E-state index contributed by atoms with van der Waals surface area (Å²) in [4.78, 5) is 23.4. The fraction of sp³-hybridized carbons (Fsp3) is 0.263. The number of amides is 1. The van der Waals surface area contributed by atoms with Gasteiger partial charge in [0.1, 0.15) is 11.5 Å². The van der Waals surface area contributed by atoms with E-state index in [4.69, 9.17) is 14.6 Å². The Balaban J connectivity index is 1.73. The van der Waals surface area contributed by atoms with Crippen LogP contribution in [0.15, 0.2) is 53.4 Å². The Morgan fingerprint density at radius 1 is 1.04 bits per heavy atom. The van der Waals surface area contributed by atoms with Gasteiger partial charge in [0, 0.05) is 17.0 Å². The third kappa shape index (κ3) is 7.06. The second-order valence-corrected chi connectivity index (χ2v) is 6.43. The lowest BCUT2D eigenvalue weighted by Gasteiger charge is -2.08. The molecule has 138 valence electrons. The van der Waals surface area contributed by atoms with Crippen LogP contribution in [0.25, 0.3) is 0 Å². The Morgan fingerprint density at radius 2 is 1.69 bits per heavy atom. The average molecular weight is 375 g/mol. The van der Waals surface area contributed by atoms with Gasteiger partial charge in [0.2, 0.25) is 5.91 Å². The molecule has 6 nitrogen and oxygen atoms in total. The van der Waals surface area contributed by atoms with E-state index in [2.05, 4.69) is 5.32 Å². The Kier molecular flexibility index (Phi) is 7.82. The normalized spacial score (nSPS) is 10.2. The maximum absolute atomic E-state index is 12.0. The monoisotopic (exact) mass is 375 g/mol. The van der Waals surface area contributed by atoms with E-state index >= 15 is 0 Å².